The predicted molar refractivity (Wildman–Crippen MR) is 128 cm³/mol. The van der Waals surface area contributed by atoms with Gasteiger partial charge in [-0.3, -0.25) is 14.4 Å². The van der Waals surface area contributed by atoms with Crippen LogP contribution in [0.3, 0.4) is 0 Å². The summed E-state index contributed by atoms with van der Waals surface area (Å²) in [6, 6.07) is 5.16. The first kappa shape index (κ1) is 22.2. The minimum Gasteiger partial charge on any atom is -0.395 e. The van der Waals surface area contributed by atoms with Crippen LogP contribution in [0.1, 0.15) is 11.1 Å². The number of para-hydroxylation sites is 1. The largest absolute Gasteiger partial charge is 0.395 e. The summed E-state index contributed by atoms with van der Waals surface area (Å²) in [5.41, 5.74) is 2.84. The number of nitrogens with zero attached hydrogens (tertiary/aromatic N) is 3. The second-order valence-corrected chi connectivity index (χ2v) is 10.8. The van der Waals surface area contributed by atoms with Gasteiger partial charge in [0.15, 0.2) is 0 Å². The van der Waals surface area contributed by atoms with Gasteiger partial charge in [-0.05, 0) is 25.0 Å². The monoisotopic (exact) mass is 467 g/mol. The zero-order valence-electron chi connectivity index (χ0n) is 19.1. The van der Waals surface area contributed by atoms with Gasteiger partial charge in [-0.25, -0.2) is 0 Å². The van der Waals surface area contributed by atoms with E-state index in [0.717, 1.165) is 16.8 Å². The summed E-state index contributed by atoms with van der Waals surface area (Å²) in [6.07, 6.45) is 7.98. The van der Waals surface area contributed by atoms with Gasteiger partial charge < -0.3 is 19.8 Å². The van der Waals surface area contributed by atoms with Gasteiger partial charge in [0.1, 0.15) is 6.04 Å². The molecule has 5 atom stereocenters. The fourth-order valence-electron chi connectivity index (χ4n) is 6.04. The number of fused-ring (bicyclic) bond motifs is 2. The van der Waals surface area contributed by atoms with Crippen molar-refractivity contribution in [1.29, 1.82) is 0 Å². The lowest BCUT2D eigenvalue weighted by Crippen LogP contribution is -2.54. The van der Waals surface area contributed by atoms with Crippen molar-refractivity contribution in [2.75, 3.05) is 38.2 Å². The van der Waals surface area contributed by atoms with Gasteiger partial charge in [-0.2, -0.15) is 0 Å². The Bertz CT molecular complexity index is 1070. The molecule has 2 saturated heterocycles. The number of carbonyl (C=O) groups excluding carboxylic acids is 3. The zero-order valence-corrected chi connectivity index (χ0v) is 19.9. The van der Waals surface area contributed by atoms with Crippen LogP contribution in [0.4, 0.5) is 5.69 Å². The number of aliphatic hydroxyl groups excluding tert-OH is 1. The number of benzene rings is 1. The van der Waals surface area contributed by atoms with Crippen LogP contribution in [0.15, 0.2) is 42.5 Å². The van der Waals surface area contributed by atoms with E-state index in [-0.39, 0.29) is 36.1 Å². The van der Waals surface area contributed by atoms with Crippen molar-refractivity contribution in [2.24, 2.45) is 11.8 Å². The Morgan fingerprint density at radius 2 is 1.79 bits per heavy atom. The number of β-amino-alcohol motifs (C(OH)–C–C–N with tert-alkyl or cyclic N) is 1. The van der Waals surface area contributed by atoms with E-state index in [1.165, 1.54) is 4.90 Å². The number of rotatable bonds is 3. The number of thioether (sulfide) groups is 1. The SMILES string of the molecule is Cc1cccc(C)c1N1CC=C[C@]23S[C@@H]4C=CCN(C)C(=O)[C@@H]4[C@H]2C(=O)N(CCO)C3C1=O. The van der Waals surface area contributed by atoms with Gasteiger partial charge in [-0.1, -0.05) is 42.5 Å². The van der Waals surface area contributed by atoms with Crippen LogP contribution in [0.2, 0.25) is 0 Å². The normalized spacial score (nSPS) is 33.2. The molecule has 0 radical (unpaired) electrons. The van der Waals surface area contributed by atoms with E-state index in [9.17, 15) is 19.5 Å². The fraction of sp³-hybridized carbons (Fsp3) is 0.480. The molecular weight excluding hydrogens is 438 g/mol. The quantitative estimate of drug-likeness (QED) is 0.682. The highest BCUT2D eigenvalue weighted by molar-refractivity contribution is 8.02. The minimum atomic E-state index is -0.845. The molecule has 2 fully saturated rings. The number of aliphatic hydroxyl groups is 1. The van der Waals surface area contributed by atoms with Crippen LogP contribution < -0.4 is 4.90 Å². The average molecular weight is 468 g/mol. The van der Waals surface area contributed by atoms with Gasteiger partial charge in [0.25, 0.3) is 5.91 Å². The van der Waals surface area contributed by atoms with Crippen molar-refractivity contribution in [3.05, 3.63) is 53.6 Å². The molecule has 174 valence electrons. The molecule has 33 heavy (non-hydrogen) atoms. The van der Waals surface area contributed by atoms with Crippen LogP contribution in [0.25, 0.3) is 0 Å². The Morgan fingerprint density at radius 1 is 1.06 bits per heavy atom. The molecule has 8 heteroatoms. The molecule has 3 amide bonds. The molecule has 7 nitrogen and oxygen atoms in total. The van der Waals surface area contributed by atoms with E-state index in [1.54, 1.807) is 28.6 Å². The van der Waals surface area contributed by atoms with Crippen molar-refractivity contribution < 1.29 is 19.5 Å². The summed E-state index contributed by atoms with van der Waals surface area (Å²) < 4.78 is -0.845. The van der Waals surface area contributed by atoms with Gasteiger partial charge in [0.05, 0.1) is 23.2 Å². The minimum absolute atomic E-state index is 0.0611. The highest BCUT2D eigenvalue weighted by atomic mass is 32.2. The third kappa shape index (κ3) is 3.10. The molecule has 1 aromatic carbocycles. The maximum Gasteiger partial charge on any atom is 0.251 e. The molecule has 0 aromatic heterocycles. The molecule has 1 N–H and O–H groups in total. The molecule has 0 aliphatic carbocycles. The van der Waals surface area contributed by atoms with E-state index in [0.29, 0.717) is 13.1 Å². The van der Waals surface area contributed by atoms with Crippen molar-refractivity contribution >= 4 is 35.2 Å². The third-order valence-electron chi connectivity index (χ3n) is 7.41. The first-order valence-electron chi connectivity index (χ1n) is 11.4. The van der Waals surface area contributed by atoms with Crippen LogP contribution in [0.5, 0.6) is 0 Å². The Morgan fingerprint density at radius 3 is 2.48 bits per heavy atom. The van der Waals surface area contributed by atoms with E-state index in [1.807, 2.05) is 56.4 Å². The summed E-state index contributed by atoms with van der Waals surface area (Å²) in [5.74, 6) is -1.60. The van der Waals surface area contributed by atoms with E-state index >= 15 is 0 Å². The lowest BCUT2D eigenvalue weighted by molar-refractivity contribution is -0.142. The lowest BCUT2D eigenvalue weighted by atomic mass is 9.78. The number of hydrogen-bond acceptors (Lipinski definition) is 5. The van der Waals surface area contributed by atoms with E-state index in [4.69, 9.17) is 0 Å². The van der Waals surface area contributed by atoms with Crippen LogP contribution in [0, 0.1) is 25.7 Å². The molecule has 4 aliphatic rings. The summed E-state index contributed by atoms with van der Waals surface area (Å²) in [5, 5.41) is 9.60. The maximum absolute atomic E-state index is 14.2. The highest BCUT2D eigenvalue weighted by Gasteiger charge is 2.70. The first-order chi connectivity index (χ1) is 15.8. The first-order valence-corrected chi connectivity index (χ1v) is 12.3. The fourth-order valence-corrected chi connectivity index (χ4v) is 8.05. The van der Waals surface area contributed by atoms with Crippen molar-refractivity contribution in [3.8, 4) is 0 Å². The molecule has 1 unspecified atom stereocenters. The third-order valence-corrected chi connectivity index (χ3v) is 9.15. The Balaban J connectivity index is 1.65. The van der Waals surface area contributed by atoms with Crippen LogP contribution in [-0.4, -0.2) is 82.0 Å². The van der Waals surface area contributed by atoms with Gasteiger partial charge in [-0.15, -0.1) is 11.8 Å². The van der Waals surface area contributed by atoms with Crippen molar-refractivity contribution in [1.82, 2.24) is 9.80 Å². The Kier molecular flexibility index (Phi) is 5.40. The zero-order chi connectivity index (χ0) is 23.5. The van der Waals surface area contributed by atoms with Crippen molar-refractivity contribution in [2.45, 2.75) is 29.9 Å². The van der Waals surface area contributed by atoms with Gasteiger partial charge in [0.2, 0.25) is 11.8 Å². The lowest BCUT2D eigenvalue weighted by Gasteiger charge is -2.35. The number of anilines is 1. The molecule has 1 aromatic rings. The summed E-state index contributed by atoms with van der Waals surface area (Å²) in [6.45, 7) is 4.71. The standard InChI is InChI=1S/C25H29N3O4S/c1-15-7-4-8-16(2)20(15)27-12-6-10-25-19(23(31)28(13-14-29)21(25)24(27)32)18-17(33-25)9-5-11-26(3)22(18)30/h4-10,17-19,21,29H,11-14H2,1-3H3/t17-,18+,19+,21?,25+/m1/s1. The average Bonchev–Trinajstić information content (AvgIpc) is 3.09. The van der Waals surface area contributed by atoms with Gasteiger partial charge >= 0.3 is 0 Å². The Labute approximate surface area is 198 Å². The maximum atomic E-state index is 14.2. The van der Waals surface area contributed by atoms with Gasteiger partial charge in [0, 0.05) is 37.6 Å². The van der Waals surface area contributed by atoms with Crippen LogP contribution >= 0.6 is 11.8 Å². The topological polar surface area (TPSA) is 81.2 Å². The molecule has 1 spiro atoms. The second kappa shape index (κ2) is 8.02. The molecule has 0 saturated carbocycles. The molecular formula is C25H29N3O4S. The number of amides is 3. The Hall–Kier alpha value is -2.58. The van der Waals surface area contributed by atoms with Crippen molar-refractivity contribution in [3.63, 3.8) is 0 Å². The number of hydrogen-bond donors (Lipinski definition) is 1. The summed E-state index contributed by atoms with van der Waals surface area (Å²) in [7, 11) is 1.75. The van der Waals surface area contributed by atoms with E-state index in [2.05, 4.69) is 0 Å². The molecule has 4 heterocycles. The molecule has 4 aliphatic heterocycles. The number of likely N-dealkylation sites (N-methyl/N-ethyl adjacent to an activating group) is 1. The molecule has 5 rings (SSSR count). The number of aryl methyl sites for hydroxylation is 2. The smallest absolute Gasteiger partial charge is 0.251 e. The predicted octanol–water partition coefficient (Wildman–Crippen LogP) is 1.52. The summed E-state index contributed by atoms with van der Waals surface area (Å²) >= 11 is 1.56. The molecule has 0 bridgehead atoms. The van der Waals surface area contributed by atoms with Crippen LogP contribution in [-0.2, 0) is 14.4 Å². The van der Waals surface area contributed by atoms with E-state index < -0.39 is 22.6 Å². The highest BCUT2D eigenvalue weighted by Crippen LogP contribution is 2.61. The number of carbonyl (C=O) groups is 3. The second-order valence-electron chi connectivity index (χ2n) is 9.34. The summed E-state index contributed by atoms with van der Waals surface area (Å²) in [4.78, 5) is 46.3. The number of likely N-dealkylation sites (tertiary alicyclic amines) is 1.